The van der Waals surface area contributed by atoms with E-state index in [4.69, 9.17) is 27.9 Å². The Bertz CT molecular complexity index is 1080. The maximum atomic E-state index is 14.6. The number of aryl methyl sites for hydroxylation is 1. The summed E-state index contributed by atoms with van der Waals surface area (Å²) < 4.78 is 21.6. The fourth-order valence-corrected chi connectivity index (χ4v) is 3.77. The highest BCUT2D eigenvalue weighted by molar-refractivity contribution is 6.32. The van der Waals surface area contributed by atoms with E-state index in [0.717, 1.165) is 43.0 Å². The molecule has 4 rings (SSSR count). The standard InChI is InChI=1S/C19H14Cl2FN3O3/c20-12-9-13(22)16(24-19(21)11-5-1-2-6-14(11)23-24)10-18(12)28-17-8-4-3-7-15(17)25(26)27/h3-4,7-10H,1-2,5-6H2. The summed E-state index contributed by atoms with van der Waals surface area (Å²) in [5.41, 5.74) is 1.62. The van der Waals surface area contributed by atoms with Gasteiger partial charge in [-0.05, 0) is 37.8 Å². The monoisotopic (exact) mass is 421 g/mol. The lowest BCUT2D eigenvalue weighted by Crippen LogP contribution is -2.02. The van der Waals surface area contributed by atoms with Gasteiger partial charge in [0.05, 0.1) is 15.6 Å². The number of para-hydroxylation sites is 2. The van der Waals surface area contributed by atoms with Gasteiger partial charge in [0.1, 0.15) is 16.6 Å². The van der Waals surface area contributed by atoms with Gasteiger partial charge in [0.25, 0.3) is 0 Å². The highest BCUT2D eigenvalue weighted by Crippen LogP contribution is 2.38. The lowest BCUT2D eigenvalue weighted by Gasteiger charge is -2.12. The van der Waals surface area contributed by atoms with E-state index in [1.165, 1.54) is 28.9 Å². The Labute approximate surface area is 169 Å². The number of aromatic nitrogens is 2. The van der Waals surface area contributed by atoms with E-state index in [1.807, 2.05) is 0 Å². The van der Waals surface area contributed by atoms with Gasteiger partial charge in [0.15, 0.2) is 5.82 Å². The van der Waals surface area contributed by atoms with E-state index in [9.17, 15) is 14.5 Å². The molecule has 28 heavy (non-hydrogen) atoms. The van der Waals surface area contributed by atoms with Crippen LogP contribution in [0.3, 0.4) is 0 Å². The summed E-state index contributed by atoms with van der Waals surface area (Å²) in [6, 6.07) is 8.30. The number of ether oxygens (including phenoxy) is 1. The average molecular weight is 422 g/mol. The van der Waals surface area contributed by atoms with Crippen molar-refractivity contribution in [2.24, 2.45) is 0 Å². The minimum absolute atomic E-state index is 0.00202. The molecule has 0 atom stereocenters. The highest BCUT2D eigenvalue weighted by Gasteiger charge is 2.23. The van der Waals surface area contributed by atoms with Crippen LogP contribution >= 0.6 is 23.2 Å². The Morgan fingerprint density at radius 2 is 1.89 bits per heavy atom. The third-order valence-electron chi connectivity index (χ3n) is 4.61. The Balaban J connectivity index is 1.78. The molecule has 0 radical (unpaired) electrons. The van der Waals surface area contributed by atoms with Crippen LogP contribution < -0.4 is 4.74 Å². The van der Waals surface area contributed by atoms with Crippen LogP contribution in [0, 0.1) is 15.9 Å². The molecule has 0 unspecified atom stereocenters. The van der Waals surface area contributed by atoms with Gasteiger partial charge < -0.3 is 4.74 Å². The molecule has 0 saturated carbocycles. The maximum Gasteiger partial charge on any atom is 0.311 e. The molecule has 9 heteroatoms. The molecular weight excluding hydrogens is 408 g/mol. The largest absolute Gasteiger partial charge is 0.448 e. The minimum Gasteiger partial charge on any atom is -0.448 e. The van der Waals surface area contributed by atoms with Crippen molar-refractivity contribution in [1.82, 2.24) is 9.78 Å². The molecule has 6 nitrogen and oxygen atoms in total. The van der Waals surface area contributed by atoms with Crippen molar-refractivity contribution in [3.63, 3.8) is 0 Å². The van der Waals surface area contributed by atoms with Crippen LogP contribution in [0.2, 0.25) is 10.2 Å². The zero-order valence-electron chi connectivity index (χ0n) is 14.5. The summed E-state index contributed by atoms with van der Waals surface area (Å²) in [6.07, 6.45) is 3.60. The van der Waals surface area contributed by atoms with Gasteiger partial charge in [-0.3, -0.25) is 10.1 Å². The number of hydrogen-bond acceptors (Lipinski definition) is 4. The molecule has 1 aliphatic carbocycles. The summed E-state index contributed by atoms with van der Waals surface area (Å²) in [7, 11) is 0. The van der Waals surface area contributed by atoms with Gasteiger partial charge in [0, 0.05) is 17.7 Å². The van der Waals surface area contributed by atoms with E-state index in [-0.39, 0.29) is 27.9 Å². The van der Waals surface area contributed by atoms with Crippen LogP contribution in [-0.2, 0) is 12.8 Å². The van der Waals surface area contributed by atoms with Crippen molar-refractivity contribution < 1.29 is 14.1 Å². The Hall–Kier alpha value is -2.64. The Kier molecular flexibility index (Phi) is 4.95. The molecule has 2 aromatic carbocycles. The van der Waals surface area contributed by atoms with Gasteiger partial charge in [-0.2, -0.15) is 5.10 Å². The molecule has 0 bridgehead atoms. The number of fused-ring (bicyclic) bond motifs is 1. The van der Waals surface area contributed by atoms with Gasteiger partial charge >= 0.3 is 5.69 Å². The summed E-state index contributed by atoms with van der Waals surface area (Å²) in [5, 5.41) is 16.0. The van der Waals surface area contributed by atoms with E-state index in [0.29, 0.717) is 5.15 Å². The van der Waals surface area contributed by atoms with Crippen LogP contribution in [0.25, 0.3) is 5.69 Å². The highest BCUT2D eigenvalue weighted by atomic mass is 35.5. The number of halogens is 3. The van der Waals surface area contributed by atoms with Crippen LogP contribution in [0.5, 0.6) is 11.5 Å². The average Bonchev–Trinajstić information content (AvgIpc) is 3.01. The third kappa shape index (κ3) is 3.31. The van der Waals surface area contributed by atoms with E-state index in [1.54, 1.807) is 6.07 Å². The topological polar surface area (TPSA) is 70.2 Å². The Morgan fingerprint density at radius 3 is 2.64 bits per heavy atom. The molecule has 0 N–H and O–H groups in total. The summed E-state index contributed by atoms with van der Waals surface area (Å²) in [5.74, 6) is -0.559. The van der Waals surface area contributed by atoms with E-state index in [2.05, 4.69) is 5.10 Å². The molecule has 1 aliphatic rings. The number of nitrogens with zero attached hydrogens (tertiary/aromatic N) is 3. The smallest absolute Gasteiger partial charge is 0.311 e. The molecule has 1 heterocycles. The van der Waals surface area contributed by atoms with Crippen molar-refractivity contribution in [3.8, 4) is 17.2 Å². The molecular formula is C19H14Cl2FN3O3. The van der Waals surface area contributed by atoms with Crippen LogP contribution in [0.15, 0.2) is 36.4 Å². The van der Waals surface area contributed by atoms with Crippen LogP contribution in [-0.4, -0.2) is 14.7 Å². The fourth-order valence-electron chi connectivity index (χ4n) is 3.25. The van der Waals surface area contributed by atoms with Crippen LogP contribution in [0.1, 0.15) is 24.1 Å². The normalized spacial score (nSPS) is 13.2. The van der Waals surface area contributed by atoms with Crippen LogP contribution in [0.4, 0.5) is 10.1 Å². The van der Waals surface area contributed by atoms with Gasteiger partial charge in [-0.1, -0.05) is 35.3 Å². The number of nitro benzene ring substituents is 1. The minimum atomic E-state index is -0.623. The number of hydrogen-bond donors (Lipinski definition) is 0. The predicted molar refractivity (Wildman–Crippen MR) is 103 cm³/mol. The van der Waals surface area contributed by atoms with E-state index >= 15 is 0 Å². The van der Waals surface area contributed by atoms with Crippen molar-refractivity contribution in [1.29, 1.82) is 0 Å². The fraction of sp³-hybridized carbons (Fsp3) is 0.211. The molecule has 0 saturated heterocycles. The Morgan fingerprint density at radius 1 is 1.14 bits per heavy atom. The first kappa shape index (κ1) is 18.7. The number of nitro groups is 1. The first-order valence-corrected chi connectivity index (χ1v) is 9.38. The number of benzene rings is 2. The first-order chi connectivity index (χ1) is 13.5. The summed E-state index contributed by atoms with van der Waals surface area (Å²) >= 11 is 12.6. The zero-order chi connectivity index (χ0) is 19.8. The van der Waals surface area contributed by atoms with Gasteiger partial charge in [-0.15, -0.1) is 0 Å². The first-order valence-electron chi connectivity index (χ1n) is 8.62. The van der Waals surface area contributed by atoms with E-state index < -0.39 is 10.7 Å². The van der Waals surface area contributed by atoms with Gasteiger partial charge in [-0.25, -0.2) is 9.07 Å². The molecule has 0 amide bonds. The second kappa shape index (κ2) is 7.41. The second-order valence-electron chi connectivity index (χ2n) is 6.40. The van der Waals surface area contributed by atoms with Crippen molar-refractivity contribution >= 4 is 28.9 Å². The molecule has 0 spiro atoms. The molecule has 0 fully saturated rings. The summed E-state index contributed by atoms with van der Waals surface area (Å²) in [6.45, 7) is 0. The second-order valence-corrected chi connectivity index (χ2v) is 7.16. The predicted octanol–water partition coefficient (Wildman–Crippen LogP) is 5.90. The lowest BCUT2D eigenvalue weighted by molar-refractivity contribution is -0.385. The molecule has 0 aliphatic heterocycles. The SMILES string of the molecule is O=[N+]([O-])c1ccccc1Oc1cc(-n2nc3c(c2Cl)CCCC3)c(F)cc1Cl. The van der Waals surface area contributed by atoms with Crippen molar-refractivity contribution in [2.45, 2.75) is 25.7 Å². The van der Waals surface area contributed by atoms with Crippen molar-refractivity contribution in [3.05, 3.63) is 73.8 Å². The number of rotatable bonds is 4. The lowest BCUT2D eigenvalue weighted by atomic mass is 9.99. The summed E-state index contributed by atoms with van der Waals surface area (Å²) in [4.78, 5) is 10.6. The molecule has 144 valence electrons. The van der Waals surface area contributed by atoms with Gasteiger partial charge in [0.2, 0.25) is 5.75 Å². The quantitative estimate of drug-likeness (QED) is 0.388. The van der Waals surface area contributed by atoms with Crippen molar-refractivity contribution in [2.75, 3.05) is 0 Å². The molecule has 1 aromatic heterocycles. The molecule has 3 aromatic rings. The zero-order valence-corrected chi connectivity index (χ0v) is 16.0. The maximum absolute atomic E-state index is 14.6. The third-order valence-corrected chi connectivity index (χ3v) is 5.29.